The molecular weight excluding hydrogens is 180 g/mol. The maximum Gasteiger partial charge on any atom is 0.439 e. The molecule has 6 heteroatoms. The van der Waals surface area contributed by atoms with Crippen LogP contribution >= 0.6 is 0 Å². The second kappa shape index (κ2) is 3.24. The van der Waals surface area contributed by atoms with Gasteiger partial charge in [0.2, 0.25) is 0 Å². The van der Waals surface area contributed by atoms with E-state index in [4.69, 9.17) is 4.55 Å². The number of nitrogens with zero attached hydrogens (tertiary/aromatic N) is 1. The molecule has 0 unspecified atom stereocenters. The van der Waals surface area contributed by atoms with Gasteiger partial charge in [-0.3, -0.25) is 4.55 Å². The van der Waals surface area contributed by atoms with Gasteiger partial charge in [0.25, 0.3) is 5.82 Å². The first kappa shape index (κ1) is 9.21. The molecule has 0 atom stereocenters. The van der Waals surface area contributed by atoms with Gasteiger partial charge in [0.15, 0.2) is 0 Å². The minimum Gasteiger partial charge on any atom is -0.251 e. The lowest BCUT2D eigenvalue weighted by molar-refractivity contribution is -0.527. The second-order valence-corrected chi connectivity index (χ2v) is 3.72. The molecule has 0 saturated carbocycles. The number of aryl methyl sites for hydroxylation is 1. The summed E-state index contributed by atoms with van der Waals surface area (Å²) in [4.78, 5) is 2.74. The van der Waals surface area contributed by atoms with Crippen molar-refractivity contribution in [3.63, 3.8) is 0 Å². The van der Waals surface area contributed by atoms with Gasteiger partial charge in [-0.15, -0.1) is 0 Å². The molecule has 68 valence electrons. The van der Waals surface area contributed by atoms with E-state index in [0.29, 0.717) is 12.2 Å². The van der Waals surface area contributed by atoms with Crippen LogP contribution in [-0.4, -0.2) is 18.0 Å². The third kappa shape index (κ3) is 1.83. The van der Waals surface area contributed by atoms with E-state index >= 15 is 0 Å². The lowest BCUT2D eigenvalue weighted by Crippen LogP contribution is -2.43. The van der Waals surface area contributed by atoms with Crippen LogP contribution in [-0.2, 0) is 16.7 Å². The quantitative estimate of drug-likeness (QED) is 0.517. The molecule has 0 aliphatic carbocycles. The Morgan fingerprint density at radius 1 is 1.67 bits per heavy atom. The highest BCUT2D eigenvalue weighted by Gasteiger charge is 2.20. The van der Waals surface area contributed by atoms with Gasteiger partial charge < -0.3 is 0 Å². The van der Waals surface area contributed by atoms with Gasteiger partial charge in [0, 0.05) is 0 Å². The predicted octanol–water partition coefficient (Wildman–Crippen LogP) is -0.0944. The van der Waals surface area contributed by atoms with Crippen LogP contribution in [0.15, 0.2) is 12.4 Å². The van der Waals surface area contributed by atoms with Crippen LogP contribution in [0.3, 0.4) is 0 Å². The number of hydrogen-bond donors (Lipinski definition) is 2. The molecule has 0 saturated heterocycles. The van der Waals surface area contributed by atoms with Crippen molar-refractivity contribution < 1.29 is 16.9 Å². The van der Waals surface area contributed by atoms with E-state index in [-0.39, 0.29) is 0 Å². The van der Waals surface area contributed by atoms with Crippen molar-refractivity contribution in [2.75, 3.05) is 0 Å². The Morgan fingerprint density at radius 3 is 2.83 bits per heavy atom. The van der Waals surface area contributed by atoms with Crippen LogP contribution in [0.2, 0.25) is 0 Å². The predicted molar refractivity (Wildman–Crippen MR) is 41.9 cm³/mol. The number of rotatable bonds is 3. The van der Waals surface area contributed by atoms with Crippen LogP contribution in [0, 0.1) is 0 Å². The van der Waals surface area contributed by atoms with E-state index in [0.717, 1.165) is 10.4 Å². The zero-order valence-electron chi connectivity index (χ0n) is 6.69. The first-order valence-electron chi connectivity index (χ1n) is 3.61. The molecule has 12 heavy (non-hydrogen) atoms. The molecule has 0 bridgehead atoms. The summed E-state index contributed by atoms with van der Waals surface area (Å²) in [6.45, 7) is 1.93. The van der Waals surface area contributed by atoms with Crippen molar-refractivity contribution in [2.45, 2.75) is 19.8 Å². The highest BCUT2D eigenvalue weighted by Crippen LogP contribution is 1.93. The highest BCUT2D eigenvalue weighted by molar-refractivity contribution is 7.79. The molecule has 0 spiro atoms. The first-order chi connectivity index (χ1) is 5.55. The standard InChI is InChI=1S/C6H10N2O3S/c1-2-3-6-7-4-5-8(6)12(9,10)11/h4-5H,2-3H2,1H3,(H,9,10,11)/p+1. The maximum absolute atomic E-state index is 10.7. The number of nitrogens with one attached hydrogen (secondary N) is 1. The smallest absolute Gasteiger partial charge is 0.251 e. The summed E-state index contributed by atoms with van der Waals surface area (Å²) in [5, 5.41) is 0. The third-order valence-corrected chi connectivity index (χ3v) is 2.30. The zero-order chi connectivity index (χ0) is 9.19. The summed E-state index contributed by atoms with van der Waals surface area (Å²) < 4.78 is 30.9. The van der Waals surface area contributed by atoms with Gasteiger partial charge >= 0.3 is 10.3 Å². The Hall–Kier alpha value is -0.880. The van der Waals surface area contributed by atoms with Crippen molar-refractivity contribution in [3.8, 4) is 0 Å². The van der Waals surface area contributed by atoms with Crippen LogP contribution < -0.4 is 3.97 Å². The molecule has 2 N–H and O–H groups in total. The van der Waals surface area contributed by atoms with Crippen molar-refractivity contribution in [2.24, 2.45) is 0 Å². The summed E-state index contributed by atoms with van der Waals surface area (Å²) in [7, 11) is -4.13. The fourth-order valence-electron chi connectivity index (χ4n) is 0.990. The Kier molecular flexibility index (Phi) is 2.49. The maximum atomic E-state index is 10.7. The summed E-state index contributed by atoms with van der Waals surface area (Å²) in [5.74, 6) is 0.486. The fraction of sp³-hybridized carbons (Fsp3) is 0.500. The van der Waals surface area contributed by atoms with Gasteiger partial charge in [0.05, 0.1) is 6.42 Å². The monoisotopic (exact) mass is 191 g/mol. The van der Waals surface area contributed by atoms with Crippen molar-refractivity contribution in [3.05, 3.63) is 18.2 Å². The summed E-state index contributed by atoms with van der Waals surface area (Å²) in [6, 6.07) is 0. The van der Waals surface area contributed by atoms with Gasteiger partial charge in [0.1, 0.15) is 12.4 Å². The first-order valence-corrected chi connectivity index (χ1v) is 5.01. The number of imidazole rings is 1. The SMILES string of the molecule is CCCc1[nH]cc[n+]1S(=O)(=O)O. The van der Waals surface area contributed by atoms with Crippen LogP contribution in [0.1, 0.15) is 19.2 Å². The molecule has 1 rings (SSSR count). The molecule has 1 aromatic heterocycles. The summed E-state index contributed by atoms with van der Waals surface area (Å²) in [6.07, 6.45) is 4.15. The second-order valence-electron chi connectivity index (χ2n) is 2.43. The van der Waals surface area contributed by atoms with Crippen LogP contribution in [0.4, 0.5) is 0 Å². The Labute approximate surface area is 70.9 Å². The molecule has 0 aliphatic heterocycles. The fourth-order valence-corrected chi connectivity index (χ4v) is 1.63. The van der Waals surface area contributed by atoms with Crippen LogP contribution in [0.25, 0.3) is 0 Å². The summed E-state index contributed by atoms with van der Waals surface area (Å²) in [5.41, 5.74) is 0. The van der Waals surface area contributed by atoms with Crippen molar-refractivity contribution >= 4 is 10.3 Å². The average molecular weight is 191 g/mol. The largest absolute Gasteiger partial charge is 0.439 e. The minimum atomic E-state index is -4.13. The van der Waals surface area contributed by atoms with Gasteiger partial charge in [-0.1, -0.05) is 10.9 Å². The molecule has 0 fully saturated rings. The minimum absolute atomic E-state index is 0.486. The van der Waals surface area contributed by atoms with E-state index in [1.165, 1.54) is 12.4 Å². The van der Waals surface area contributed by atoms with E-state index in [2.05, 4.69) is 4.98 Å². The highest BCUT2D eigenvalue weighted by atomic mass is 32.2. The normalized spacial score (nSPS) is 11.8. The number of aromatic amines is 1. The molecule has 0 radical (unpaired) electrons. The number of aromatic nitrogens is 2. The topological polar surface area (TPSA) is 74.0 Å². The lowest BCUT2D eigenvalue weighted by Gasteiger charge is -1.92. The van der Waals surface area contributed by atoms with Gasteiger partial charge in [-0.2, -0.15) is 8.42 Å². The summed E-state index contributed by atoms with van der Waals surface area (Å²) >= 11 is 0. The third-order valence-electron chi connectivity index (χ3n) is 1.46. The van der Waals surface area contributed by atoms with Crippen LogP contribution in [0.5, 0.6) is 0 Å². The Bertz CT molecular complexity index is 355. The molecular formula is C6H11N2O3S+. The zero-order valence-corrected chi connectivity index (χ0v) is 7.50. The molecule has 0 amide bonds. The van der Waals surface area contributed by atoms with Gasteiger partial charge in [-0.05, 0) is 6.42 Å². The van der Waals surface area contributed by atoms with E-state index < -0.39 is 10.3 Å². The van der Waals surface area contributed by atoms with E-state index in [9.17, 15) is 8.42 Å². The molecule has 1 aromatic rings. The number of hydrogen-bond acceptors (Lipinski definition) is 2. The van der Waals surface area contributed by atoms with Crippen molar-refractivity contribution in [1.82, 2.24) is 4.98 Å². The lowest BCUT2D eigenvalue weighted by atomic mass is 10.3. The molecule has 0 aromatic carbocycles. The molecule has 1 heterocycles. The molecule has 0 aliphatic rings. The molecule has 5 nitrogen and oxygen atoms in total. The van der Waals surface area contributed by atoms with Gasteiger partial charge in [-0.25, -0.2) is 4.98 Å². The number of H-pyrrole nitrogens is 1. The Balaban J connectivity index is 3.08. The van der Waals surface area contributed by atoms with E-state index in [1.807, 2.05) is 6.92 Å². The van der Waals surface area contributed by atoms with E-state index in [1.54, 1.807) is 0 Å². The average Bonchev–Trinajstić information content (AvgIpc) is 2.34. The van der Waals surface area contributed by atoms with Crippen molar-refractivity contribution in [1.29, 1.82) is 0 Å². The Morgan fingerprint density at radius 2 is 2.33 bits per heavy atom.